The fraction of sp³-hybridized carbons (Fsp3) is 0.487. The quantitative estimate of drug-likeness (QED) is 0.128. The summed E-state index contributed by atoms with van der Waals surface area (Å²) in [5.74, 6) is -2.18. The Bertz CT molecular complexity index is 1790. The number of benzene rings is 3. The van der Waals surface area contributed by atoms with Crippen LogP contribution in [0.3, 0.4) is 0 Å². The van der Waals surface area contributed by atoms with Crippen LogP contribution in [0.2, 0.25) is 0 Å². The fourth-order valence-corrected chi connectivity index (χ4v) is 9.90. The first kappa shape index (κ1) is 40.1. The van der Waals surface area contributed by atoms with E-state index in [4.69, 9.17) is 41.4 Å². The minimum Gasteiger partial charge on any atom is -0.457 e. The number of aliphatic hydroxyl groups excluding tert-OH is 1. The molecule has 0 unspecified atom stereocenters. The zero-order chi connectivity index (χ0) is 38.5. The Hall–Kier alpha value is -3.10. The minimum atomic E-state index is -4.59. The Balaban J connectivity index is 1.23. The van der Waals surface area contributed by atoms with Crippen LogP contribution in [0.15, 0.2) is 84.9 Å². The number of ketones is 1. The molecule has 3 fully saturated rings. The van der Waals surface area contributed by atoms with E-state index in [2.05, 4.69) is 0 Å². The van der Waals surface area contributed by atoms with E-state index in [1.165, 1.54) is 6.92 Å². The van der Waals surface area contributed by atoms with E-state index in [-0.39, 0.29) is 45.1 Å². The predicted molar refractivity (Wildman–Crippen MR) is 195 cm³/mol. The molecule has 6 atom stereocenters. The Labute approximate surface area is 319 Å². The molecule has 0 amide bonds. The Kier molecular flexibility index (Phi) is 12.8. The molecule has 4 aliphatic rings. The van der Waals surface area contributed by atoms with Crippen LogP contribution in [0.4, 0.5) is 0 Å². The molecule has 0 bridgehead atoms. The number of esters is 1. The van der Waals surface area contributed by atoms with E-state index >= 15 is 0 Å². The summed E-state index contributed by atoms with van der Waals surface area (Å²) >= 11 is 0. The van der Waals surface area contributed by atoms with Crippen molar-refractivity contribution in [2.45, 2.75) is 121 Å². The van der Waals surface area contributed by atoms with Gasteiger partial charge in [0.05, 0.1) is 32.8 Å². The largest absolute Gasteiger partial charge is 0.475 e. The summed E-state index contributed by atoms with van der Waals surface area (Å²) in [4.78, 5) is 25.1. The van der Waals surface area contributed by atoms with Gasteiger partial charge in [0, 0.05) is 19.3 Å². The highest BCUT2D eigenvalue weighted by molar-refractivity contribution is 7.48. The van der Waals surface area contributed by atoms with Crippen LogP contribution in [0.5, 0.6) is 0 Å². The highest BCUT2D eigenvalue weighted by Gasteiger charge is 2.65. The third-order valence-electron chi connectivity index (χ3n) is 10.1. The van der Waals surface area contributed by atoms with Crippen LogP contribution in [0.1, 0.15) is 74.1 Å². The number of hydrogen-bond acceptors (Lipinski definition) is 14. The number of rotatable bonds is 14. The predicted octanol–water partition coefficient (Wildman–Crippen LogP) is 7.25. The smallest absolute Gasteiger partial charge is 0.457 e. The van der Waals surface area contributed by atoms with Crippen molar-refractivity contribution in [1.29, 1.82) is 0 Å². The molecule has 2 aliphatic heterocycles. The lowest BCUT2D eigenvalue weighted by Gasteiger charge is -2.44. The maximum atomic E-state index is 14.7. The van der Waals surface area contributed by atoms with E-state index in [0.29, 0.717) is 24.0 Å². The molecule has 1 saturated heterocycles. The van der Waals surface area contributed by atoms with Gasteiger partial charge in [0.1, 0.15) is 36.3 Å². The number of aliphatic hydroxyl groups is 1. The van der Waals surface area contributed by atoms with Gasteiger partial charge >= 0.3 is 21.6 Å². The average Bonchev–Trinajstić information content (AvgIpc) is 3.46. The summed E-state index contributed by atoms with van der Waals surface area (Å²) in [5, 5.41) is 12.3. The average molecular weight is 801 g/mol. The summed E-state index contributed by atoms with van der Waals surface area (Å²) in [6.07, 6.45) is -5.88. The van der Waals surface area contributed by atoms with Crippen molar-refractivity contribution in [3.63, 3.8) is 0 Å². The van der Waals surface area contributed by atoms with E-state index in [1.807, 2.05) is 12.1 Å². The number of ether oxygens (including phenoxy) is 3. The second-order valence-corrected chi connectivity index (χ2v) is 17.4. The van der Waals surface area contributed by atoms with E-state index in [1.54, 1.807) is 72.8 Å². The molecule has 1 N–H and O–H groups in total. The lowest BCUT2D eigenvalue weighted by atomic mass is 9.85. The number of Topliss-reactive ketones (excluding diaryl/α,β-unsaturated/α-hetero) is 1. The first-order valence-electron chi connectivity index (χ1n) is 18.5. The SMILES string of the molecule is CC(=O)CCC(=O)O[C@@H]1[C@H]2OC3(CCCCC3)O[C@H]2[C@@H](OP(=O)(OCc2ccccc2)OCc2ccccc2)[C@H](O)[C@H]1OP1(=O)OCc2ccccc2CO1. The normalized spacial score (nSPS) is 27.1. The molecule has 0 aromatic heterocycles. The molecule has 14 nitrogen and oxygen atoms in total. The van der Waals surface area contributed by atoms with Crippen molar-refractivity contribution < 1.29 is 65.2 Å². The molecule has 55 heavy (non-hydrogen) atoms. The van der Waals surface area contributed by atoms with Gasteiger partial charge in [-0.25, -0.2) is 9.13 Å². The number of hydrogen-bond donors (Lipinski definition) is 1. The van der Waals surface area contributed by atoms with Gasteiger partial charge in [-0.1, -0.05) is 91.3 Å². The van der Waals surface area contributed by atoms with E-state index in [9.17, 15) is 23.8 Å². The van der Waals surface area contributed by atoms with Crippen molar-refractivity contribution >= 4 is 27.4 Å². The summed E-state index contributed by atoms with van der Waals surface area (Å²) in [5.41, 5.74) is 2.80. The number of phosphoric acid groups is 2. The standard InChI is InChI=1S/C39H46O14P2/c1-27(40)19-20-32(41)49-36-34(52-55(44)47-25-30-17-9-10-18-31(30)26-48-55)33(42)35(37-38(36)51-39(50-37)21-11-4-12-22-39)53-54(43,45-23-28-13-5-2-6-14-28)46-24-29-15-7-3-8-16-29/h2-3,5-10,13-18,33-38,42H,4,11-12,19-26H2,1H3/t33-,34-,35+,36+,37+,38-/m1/s1. The molecule has 0 radical (unpaired) electrons. The van der Waals surface area contributed by atoms with Crippen molar-refractivity contribution in [2.24, 2.45) is 0 Å². The lowest BCUT2D eigenvalue weighted by Crippen LogP contribution is -2.64. The molecular weight excluding hydrogens is 754 g/mol. The number of carbonyl (C=O) groups excluding carboxylic acids is 2. The minimum absolute atomic E-state index is 0.0928. The second-order valence-electron chi connectivity index (χ2n) is 14.2. The Morgan fingerprint density at radius 1 is 0.764 bits per heavy atom. The molecule has 1 spiro atoms. The van der Waals surface area contributed by atoms with Crippen LogP contribution in [0.25, 0.3) is 0 Å². The van der Waals surface area contributed by atoms with Gasteiger partial charge < -0.3 is 24.1 Å². The topological polar surface area (TPSA) is 172 Å². The van der Waals surface area contributed by atoms with Crippen LogP contribution in [-0.2, 0) is 86.5 Å². The third-order valence-corrected chi connectivity index (χ3v) is 12.9. The van der Waals surface area contributed by atoms with Crippen molar-refractivity contribution in [3.05, 3.63) is 107 Å². The first-order valence-corrected chi connectivity index (χ1v) is 21.5. The Morgan fingerprint density at radius 2 is 1.29 bits per heavy atom. The molecular formula is C39H46O14P2. The summed E-state index contributed by atoms with van der Waals surface area (Å²) in [6, 6.07) is 25.2. The van der Waals surface area contributed by atoms with Gasteiger partial charge in [0.25, 0.3) is 0 Å². The van der Waals surface area contributed by atoms with Gasteiger partial charge in [-0.3, -0.25) is 31.9 Å². The second kappa shape index (κ2) is 17.6. The van der Waals surface area contributed by atoms with Gasteiger partial charge in [0.15, 0.2) is 11.9 Å². The molecule has 2 aliphatic carbocycles. The molecule has 2 heterocycles. The van der Waals surface area contributed by atoms with Crippen LogP contribution in [0, 0.1) is 0 Å². The number of phosphoric ester groups is 2. The highest BCUT2D eigenvalue weighted by Crippen LogP contribution is 2.59. The molecule has 2 saturated carbocycles. The number of carbonyl (C=O) groups is 2. The maximum Gasteiger partial charge on any atom is 0.475 e. The zero-order valence-corrected chi connectivity index (χ0v) is 32.3. The first-order chi connectivity index (χ1) is 26.5. The molecule has 3 aromatic carbocycles. The van der Waals surface area contributed by atoms with Crippen LogP contribution in [-0.4, -0.2) is 59.3 Å². The highest BCUT2D eigenvalue weighted by atomic mass is 31.2. The van der Waals surface area contributed by atoms with E-state index < -0.39 is 64.0 Å². The monoisotopic (exact) mass is 800 g/mol. The molecule has 16 heteroatoms. The van der Waals surface area contributed by atoms with Crippen LogP contribution < -0.4 is 0 Å². The molecule has 3 aromatic rings. The van der Waals surface area contributed by atoms with Gasteiger partial charge in [-0.05, 0) is 42.0 Å². The summed E-state index contributed by atoms with van der Waals surface area (Å²) in [6.45, 7) is 0.746. The maximum absolute atomic E-state index is 14.7. The Morgan fingerprint density at radius 3 is 1.84 bits per heavy atom. The van der Waals surface area contributed by atoms with Crippen LogP contribution >= 0.6 is 15.6 Å². The molecule has 296 valence electrons. The zero-order valence-electron chi connectivity index (χ0n) is 30.5. The fourth-order valence-electron chi connectivity index (χ4n) is 7.21. The summed E-state index contributed by atoms with van der Waals surface area (Å²) in [7, 11) is -9.09. The molecule has 7 rings (SSSR count). The van der Waals surface area contributed by atoms with E-state index in [0.717, 1.165) is 30.4 Å². The van der Waals surface area contributed by atoms with Gasteiger partial charge in [-0.2, -0.15) is 0 Å². The van der Waals surface area contributed by atoms with Crippen molar-refractivity contribution in [1.82, 2.24) is 0 Å². The lowest BCUT2D eigenvalue weighted by molar-refractivity contribution is -0.210. The van der Waals surface area contributed by atoms with Gasteiger partial charge in [0.2, 0.25) is 0 Å². The third kappa shape index (κ3) is 9.90. The number of fused-ring (bicyclic) bond motifs is 2. The summed E-state index contributed by atoms with van der Waals surface area (Å²) < 4.78 is 83.9. The van der Waals surface area contributed by atoms with Crippen molar-refractivity contribution in [3.8, 4) is 0 Å². The van der Waals surface area contributed by atoms with Crippen molar-refractivity contribution in [2.75, 3.05) is 0 Å². The van der Waals surface area contributed by atoms with Gasteiger partial charge in [-0.15, -0.1) is 0 Å².